The van der Waals surface area contributed by atoms with Crippen LogP contribution in [0.4, 0.5) is 10.6 Å². The van der Waals surface area contributed by atoms with Crippen molar-refractivity contribution in [2.75, 3.05) is 57.4 Å². The number of nitrogens with one attached hydrogen (secondary N) is 1. The van der Waals surface area contributed by atoms with Crippen molar-refractivity contribution in [1.82, 2.24) is 25.1 Å². The molecule has 3 fully saturated rings. The third-order valence-electron chi connectivity index (χ3n) is 8.35. The summed E-state index contributed by atoms with van der Waals surface area (Å²) in [5.41, 5.74) is 0.924. The van der Waals surface area contributed by atoms with Gasteiger partial charge in [-0.1, -0.05) is 43.7 Å². The maximum atomic E-state index is 13.4. The predicted molar refractivity (Wildman–Crippen MR) is 158 cm³/mol. The number of esters is 1. The number of hydrogen-bond acceptors (Lipinski definition) is 9. The van der Waals surface area contributed by atoms with Crippen molar-refractivity contribution in [3.05, 3.63) is 42.1 Å². The third-order valence-corrected chi connectivity index (χ3v) is 8.35. The molecule has 3 amide bonds. The molecule has 12 nitrogen and oxygen atoms in total. The Bertz CT molecular complexity index is 1320. The number of amides is 3. The van der Waals surface area contributed by atoms with E-state index in [9.17, 15) is 19.2 Å². The number of nitrogens with zero attached hydrogens (tertiary/aromatic N) is 5. The van der Waals surface area contributed by atoms with E-state index in [4.69, 9.17) is 14.5 Å². The van der Waals surface area contributed by atoms with Gasteiger partial charge in [-0.05, 0) is 32.1 Å². The quantitative estimate of drug-likeness (QED) is 0.326. The molecule has 230 valence electrons. The number of hydrogen-bond donors (Lipinski definition) is 1. The average molecular weight is 593 g/mol. The maximum Gasteiger partial charge on any atom is 0.409 e. The molecular formula is C31H40N6O6. The molecule has 5 rings (SSSR count). The molecule has 2 aromatic rings. The molecule has 43 heavy (non-hydrogen) atoms. The van der Waals surface area contributed by atoms with Crippen molar-refractivity contribution in [2.24, 2.45) is 17.8 Å². The first kappa shape index (κ1) is 30.2. The van der Waals surface area contributed by atoms with Crippen LogP contribution >= 0.6 is 0 Å². The molecule has 3 heterocycles. The molecule has 1 aliphatic carbocycles. The summed E-state index contributed by atoms with van der Waals surface area (Å²) in [5.74, 6) is 0.516. The number of unbranched alkanes of at least 4 members (excludes halogenated alkanes) is 1. The molecule has 0 unspecified atom stereocenters. The van der Waals surface area contributed by atoms with Crippen molar-refractivity contribution >= 4 is 29.7 Å². The molecule has 1 N–H and O–H groups in total. The van der Waals surface area contributed by atoms with Gasteiger partial charge in [0.15, 0.2) is 5.82 Å². The number of rotatable bonds is 10. The molecule has 1 saturated carbocycles. The molecule has 0 bridgehead atoms. The summed E-state index contributed by atoms with van der Waals surface area (Å²) >= 11 is 0. The van der Waals surface area contributed by atoms with Crippen molar-refractivity contribution < 1.29 is 28.7 Å². The van der Waals surface area contributed by atoms with Gasteiger partial charge in [-0.3, -0.25) is 14.4 Å². The summed E-state index contributed by atoms with van der Waals surface area (Å²) < 4.78 is 10.5. The molecule has 3 aliphatic rings. The minimum absolute atomic E-state index is 0.0742. The number of carbonyl (C=O) groups is 4. The van der Waals surface area contributed by atoms with E-state index in [0.717, 1.165) is 18.4 Å². The fourth-order valence-corrected chi connectivity index (χ4v) is 5.84. The lowest BCUT2D eigenvalue weighted by molar-refractivity contribution is -0.145. The van der Waals surface area contributed by atoms with E-state index in [1.54, 1.807) is 22.8 Å². The minimum atomic E-state index is -0.793. The fourth-order valence-electron chi connectivity index (χ4n) is 5.84. The monoisotopic (exact) mass is 592 g/mol. The lowest BCUT2D eigenvalue weighted by Crippen LogP contribution is -2.55. The number of fused-ring (bicyclic) bond motifs is 1. The average Bonchev–Trinajstić information content (AvgIpc) is 3.54. The van der Waals surface area contributed by atoms with Crippen molar-refractivity contribution in [3.8, 4) is 11.4 Å². The Morgan fingerprint density at radius 3 is 2.28 bits per heavy atom. The van der Waals surface area contributed by atoms with Gasteiger partial charge in [0.2, 0.25) is 5.91 Å². The molecule has 2 saturated heterocycles. The smallest absolute Gasteiger partial charge is 0.409 e. The van der Waals surface area contributed by atoms with Gasteiger partial charge in [0, 0.05) is 50.9 Å². The molecule has 1 aromatic heterocycles. The van der Waals surface area contributed by atoms with Crippen LogP contribution in [-0.2, 0) is 19.1 Å². The van der Waals surface area contributed by atoms with E-state index in [1.807, 2.05) is 44.2 Å². The summed E-state index contributed by atoms with van der Waals surface area (Å²) in [4.78, 5) is 65.7. The van der Waals surface area contributed by atoms with Crippen LogP contribution in [0.2, 0.25) is 0 Å². The Kier molecular flexibility index (Phi) is 9.42. The second kappa shape index (κ2) is 13.4. The van der Waals surface area contributed by atoms with Gasteiger partial charge in [-0.25, -0.2) is 14.8 Å². The molecular weight excluding hydrogens is 552 g/mol. The van der Waals surface area contributed by atoms with Crippen LogP contribution in [-0.4, -0.2) is 102 Å². The van der Waals surface area contributed by atoms with E-state index < -0.39 is 11.9 Å². The second-order valence-corrected chi connectivity index (χ2v) is 11.3. The number of piperazine rings is 1. The Balaban J connectivity index is 1.23. The maximum absolute atomic E-state index is 13.4. The van der Waals surface area contributed by atoms with Crippen LogP contribution in [0.25, 0.3) is 11.4 Å². The number of piperidine rings is 1. The highest BCUT2D eigenvalue weighted by molar-refractivity contribution is 5.97. The van der Waals surface area contributed by atoms with Crippen molar-refractivity contribution in [1.29, 1.82) is 0 Å². The van der Waals surface area contributed by atoms with Crippen LogP contribution < -0.4 is 10.2 Å². The highest BCUT2D eigenvalue weighted by Gasteiger charge is 2.60. The highest BCUT2D eigenvalue weighted by Crippen LogP contribution is 2.53. The molecule has 0 radical (unpaired) electrons. The zero-order chi connectivity index (χ0) is 30.5. The second-order valence-electron chi connectivity index (χ2n) is 11.3. The largest absolute Gasteiger partial charge is 0.466 e. The summed E-state index contributed by atoms with van der Waals surface area (Å²) in [6.07, 6.45) is 1.40. The zero-order valence-electron chi connectivity index (χ0n) is 25.0. The summed E-state index contributed by atoms with van der Waals surface area (Å²) in [5, 5.41) is 2.81. The van der Waals surface area contributed by atoms with Gasteiger partial charge < -0.3 is 29.5 Å². The van der Waals surface area contributed by atoms with Gasteiger partial charge in [0.05, 0.1) is 19.1 Å². The minimum Gasteiger partial charge on any atom is -0.466 e. The predicted octanol–water partition coefficient (Wildman–Crippen LogP) is 2.59. The Morgan fingerprint density at radius 1 is 0.953 bits per heavy atom. The van der Waals surface area contributed by atoms with E-state index in [-0.39, 0.29) is 41.4 Å². The molecule has 2 aliphatic heterocycles. The van der Waals surface area contributed by atoms with Crippen LogP contribution in [0.3, 0.4) is 0 Å². The normalized spacial score (nSPS) is 21.6. The van der Waals surface area contributed by atoms with Gasteiger partial charge in [-0.15, -0.1) is 0 Å². The van der Waals surface area contributed by atoms with Crippen LogP contribution in [0, 0.1) is 17.8 Å². The Hall–Kier alpha value is -4.22. The number of anilines is 1. The Labute approximate surface area is 251 Å². The van der Waals surface area contributed by atoms with Gasteiger partial charge in [0.25, 0.3) is 5.91 Å². The number of ether oxygens (including phenoxy) is 2. The molecule has 1 aromatic carbocycles. The lowest BCUT2D eigenvalue weighted by atomic mass is 10.2. The van der Waals surface area contributed by atoms with Crippen molar-refractivity contribution in [2.45, 2.75) is 39.7 Å². The molecule has 0 spiro atoms. The van der Waals surface area contributed by atoms with Crippen LogP contribution in [0.1, 0.15) is 44.1 Å². The van der Waals surface area contributed by atoms with Gasteiger partial charge in [-0.2, -0.15) is 0 Å². The number of aromatic nitrogens is 2. The summed E-state index contributed by atoms with van der Waals surface area (Å²) in [6.45, 7) is 9.02. The summed E-state index contributed by atoms with van der Waals surface area (Å²) in [7, 11) is 0. The molecule has 12 heteroatoms. The first-order valence-corrected chi connectivity index (χ1v) is 15.2. The fraction of sp³-hybridized carbons (Fsp3) is 0.548. The lowest BCUT2D eigenvalue weighted by Gasteiger charge is -2.35. The van der Waals surface area contributed by atoms with E-state index in [0.29, 0.717) is 64.1 Å². The first-order chi connectivity index (χ1) is 20.8. The first-order valence-electron chi connectivity index (χ1n) is 15.2. The SMILES string of the molecule is CCCCOC(=O)N1CCN(C(=O)[C@H](C)NC(=O)c2cc(N3C[C@@H]4[C@H](C3)[C@H]4C(=O)OCC)nc(-c3ccccc3)n2)CC1. The van der Waals surface area contributed by atoms with Crippen LogP contribution in [0.15, 0.2) is 36.4 Å². The third kappa shape index (κ3) is 6.89. The number of benzene rings is 1. The Morgan fingerprint density at radius 2 is 1.63 bits per heavy atom. The zero-order valence-corrected chi connectivity index (χ0v) is 25.0. The van der Waals surface area contributed by atoms with Crippen LogP contribution in [0.5, 0.6) is 0 Å². The van der Waals surface area contributed by atoms with Gasteiger partial charge in [0.1, 0.15) is 17.6 Å². The standard InChI is InChI=1S/C31H40N6O6/c1-4-6-16-43-31(41)36-14-12-35(13-15-36)29(39)20(3)32-28(38)24-17-25(34-27(33-24)21-10-8-7-9-11-21)37-18-22-23(19-37)26(22)30(40)42-5-2/h7-11,17,20,22-23,26H,4-6,12-16,18-19H2,1-3H3,(H,32,38)/t20-,22-,23+,26+/m0/s1. The van der Waals surface area contributed by atoms with E-state index in [2.05, 4.69) is 15.2 Å². The molecule has 4 atom stereocenters. The van der Waals surface area contributed by atoms with E-state index >= 15 is 0 Å². The summed E-state index contributed by atoms with van der Waals surface area (Å²) in [6, 6.07) is 10.3. The topological polar surface area (TPSA) is 134 Å². The van der Waals surface area contributed by atoms with E-state index in [1.165, 1.54) is 0 Å². The van der Waals surface area contributed by atoms with Crippen molar-refractivity contribution in [3.63, 3.8) is 0 Å². The highest BCUT2D eigenvalue weighted by atomic mass is 16.6. The van der Waals surface area contributed by atoms with Gasteiger partial charge >= 0.3 is 12.1 Å². The number of carbonyl (C=O) groups excluding carboxylic acids is 4.